The fourth-order valence-corrected chi connectivity index (χ4v) is 2.25. The molecule has 5 heteroatoms. The Labute approximate surface area is 120 Å². The molecule has 1 aromatic rings. The van der Waals surface area contributed by atoms with Gasteiger partial charge in [-0.3, -0.25) is 4.79 Å². The largest absolute Gasteiger partial charge is 0.494 e. The second kappa shape index (κ2) is 5.22. The number of benzene rings is 1. The smallest absolute Gasteiger partial charge is 0.468 e. The third-order valence-corrected chi connectivity index (χ3v) is 3.58. The summed E-state index contributed by atoms with van der Waals surface area (Å²) >= 11 is 0. The van der Waals surface area contributed by atoms with Crippen molar-refractivity contribution in [2.45, 2.75) is 38.7 Å². The predicted molar refractivity (Wildman–Crippen MR) is 78.0 cm³/mol. The molecule has 0 aromatic heterocycles. The van der Waals surface area contributed by atoms with E-state index in [1.54, 1.807) is 0 Å². The molecule has 0 aliphatic carbocycles. The molecule has 0 N–H and O–H groups in total. The monoisotopic (exact) mass is 276 g/mol. The first-order valence-corrected chi connectivity index (χ1v) is 6.74. The molecule has 0 radical (unpaired) electrons. The SMILES string of the molecule is COC(=O)C(C)(C)c1cccc(B2OCC(C)(C)O2)c1. The topological polar surface area (TPSA) is 44.8 Å². The molecule has 1 aromatic carbocycles. The molecule has 0 spiro atoms. The molecule has 20 heavy (non-hydrogen) atoms. The lowest BCUT2D eigenvalue weighted by Crippen LogP contribution is -2.37. The van der Waals surface area contributed by atoms with E-state index in [4.69, 9.17) is 14.0 Å². The Morgan fingerprint density at radius 1 is 1.40 bits per heavy atom. The minimum atomic E-state index is -0.696. The van der Waals surface area contributed by atoms with Crippen LogP contribution < -0.4 is 5.46 Å². The third-order valence-electron chi connectivity index (χ3n) is 3.58. The summed E-state index contributed by atoms with van der Waals surface area (Å²) < 4.78 is 16.4. The summed E-state index contributed by atoms with van der Waals surface area (Å²) in [6.45, 7) is 8.24. The molecule has 1 saturated heterocycles. The van der Waals surface area contributed by atoms with Crippen LogP contribution in [0.3, 0.4) is 0 Å². The van der Waals surface area contributed by atoms with Crippen molar-refractivity contribution in [3.8, 4) is 0 Å². The minimum absolute atomic E-state index is 0.261. The van der Waals surface area contributed by atoms with Crippen LogP contribution in [0.5, 0.6) is 0 Å². The van der Waals surface area contributed by atoms with Gasteiger partial charge in [0.05, 0.1) is 24.7 Å². The van der Waals surface area contributed by atoms with E-state index in [1.807, 2.05) is 52.0 Å². The summed E-state index contributed by atoms with van der Waals surface area (Å²) in [6.07, 6.45) is 0. The van der Waals surface area contributed by atoms with Gasteiger partial charge in [0.25, 0.3) is 0 Å². The lowest BCUT2D eigenvalue weighted by Gasteiger charge is -2.23. The highest BCUT2D eigenvalue weighted by atomic mass is 16.7. The summed E-state index contributed by atoms with van der Waals surface area (Å²) in [5, 5.41) is 0. The van der Waals surface area contributed by atoms with Gasteiger partial charge in [-0.2, -0.15) is 0 Å². The van der Waals surface area contributed by atoms with Crippen molar-refractivity contribution < 1.29 is 18.8 Å². The summed E-state index contributed by atoms with van der Waals surface area (Å²) in [4.78, 5) is 11.9. The average Bonchev–Trinajstić information content (AvgIpc) is 2.78. The zero-order valence-electron chi connectivity index (χ0n) is 12.7. The van der Waals surface area contributed by atoms with Crippen LogP contribution in [0.4, 0.5) is 0 Å². The van der Waals surface area contributed by atoms with Gasteiger partial charge in [-0.15, -0.1) is 0 Å². The molecule has 1 heterocycles. The first-order valence-electron chi connectivity index (χ1n) is 6.74. The number of methoxy groups -OCH3 is 1. The van der Waals surface area contributed by atoms with Crippen LogP contribution in [0.15, 0.2) is 24.3 Å². The molecular weight excluding hydrogens is 255 g/mol. The maximum atomic E-state index is 11.9. The number of ether oxygens (including phenoxy) is 1. The summed E-state index contributed by atoms with van der Waals surface area (Å²) in [5.41, 5.74) is 0.834. The Kier molecular flexibility index (Phi) is 3.94. The van der Waals surface area contributed by atoms with E-state index in [0.29, 0.717) is 6.61 Å². The van der Waals surface area contributed by atoms with Gasteiger partial charge in [-0.25, -0.2) is 0 Å². The van der Waals surface area contributed by atoms with Crippen molar-refractivity contribution in [2.75, 3.05) is 13.7 Å². The number of carbonyl (C=O) groups excluding carboxylic acids is 1. The van der Waals surface area contributed by atoms with E-state index in [-0.39, 0.29) is 18.7 Å². The molecule has 2 rings (SSSR count). The molecule has 4 nitrogen and oxygen atoms in total. The first-order chi connectivity index (χ1) is 9.26. The van der Waals surface area contributed by atoms with E-state index in [2.05, 4.69) is 0 Å². The lowest BCUT2D eigenvalue weighted by molar-refractivity contribution is -0.146. The van der Waals surface area contributed by atoms with E-state index in [9.17, 15) is 4.79 Å². The van der Waals surface area contributed by atoms with Crippen LogP contribution in [0.1, 0.15) is 33.3 Å². The fraction of sp³-hybridized carbons (Fsp3) is 0.533. The maximum Gasteiger partial charge on any atom is 0.494 e. The standard InChI is InChI=1S/C15H21BO4/c1-14(2)10-19-16(20-14)12-8-6-7-11(9-12)15(3,4)13(17)18-5/h6-9H,10H2,1-5H3. The zero-order valence-corrected chi connectivity index (χ0v) is 12.7. The number of rotatable bonds is 3. The number of esters is 1. The van der Waals surface area contributed by atoms with E-state index >= 15 is 0 Å². The van der Waals surface area contributed by atoms with Gasteiger partial charge in [0, 0.05) is 0 Å². The number of hydrogen-bond acceptors (Lipinski definition) is 4. The van der Waals surface area contributed by atoms with Crippen molar-refractivity contribution >= 4 is 18.6 Å². The molecule has 0 saturated carbocycles. The Balaban J connectivity index is 2.27. The molecule has 0 unspecified atom stereocenters. The lowest BCUT2D eigenvalue weighted by atomic mass is 9.75. The van der Waals surface area contributed by atoms with Gasteiger partial charge < -0.3 is 14.0 Å². The van der Waals surface area contributed by atoms with Crippen LogP contribution in [0.2, 0.25) is 0 Å². The van der Waals surface area contributed by atoms with Crippen molar-refractivity contribution in [1.82, 2.24) is 0 Å². The summed E-state index contributed by atoms with van der Waals surface area (Å²) in [5.74, 6) is -0.261. The van der Waals surface area contributed by atoms with Gasteiger partial charge in [0.2, 0.25) is 0 Å². The van der Waals surface area contributed by atoms with Gasteiger partial charge in [0.15, 0.2) is 0 Å². The average molecular weight is 276 g/mol. The molecule has 108 valence electrons. The van der Waals surface area contributed by atoms with Crippen LogP contribution >= 0.6 is 0 Å². The summed E-state index contributed by atoms with van der Waals surface area (Å²) in [6, 6.07) is 7.72. The van der Waals surface area contributed by atoms with Crippen molar-refractivity contribution in [3.05, 3.63) is 29.8 Å². The molecule has 1 aliphatic rings. The van der Waals surface area contributed by atoms with Crippen LogP contribution in [-0.2, 0) is 24.3 Å². The third kappa shape index (κ3) is 2.89. The second-order valence-corrected chi connectivity index (χ2v) is 6.26. The normalized spacial score (nSPS) is 18.1. The number of carbonyl (C=O) groups is 1. The highest BCUT2D eigenvalue weighted by Gasteiger charge is 2.39. The molecule has 0 atom stereocenters. The Morgan fingerprint density at radius 3 is 2.65 bits per heavy atom. The van der Waals surface area contributed by atoms with E-state index in [1.165, 1.54) is 7.11 Å². The van der Waals surface area contributed by atoms with Crippen LogP contribution in [-0.4, -0.2) is 32.4 Å². The van der Waals surface area contributed by atoms with E-state index in [0.717, 1.165) is 11.0 Å². The van der Waals surface area contributed by atoms with Crippen molar-refractivity contribution in [2.24, 2.45) is 0 Å². The number of hydrogen-bond donors (Lipinski definition) is 0. The highest BCUT2D eigenvalue weighted by molar-refractivity contribution is 6.61. The first kappa shape index (κ1) is 15.1. The highest BCUT2D eigenvalue weighted by Crippen LogP contribution is 2.25. The molecule has 1 aliphatic heterocycles. The van der Waals surface area contributed by atoms with Gasteiger partial charge >= 0.3 is 13.1 Å². The van der Waals surface area contributed by atoms with Gasteiger partial charge in [-0.05, 0) is 38.7 Å². The molecule has 0 bridgehead atoms. The Hall–Kier alpha value is -1.33. The second-order valence-electron chi connectivity index (χ2n) is 6.26. The maximum absolute atomic E-state index is 11.9. The Morgan fingerprint density at radius 2 is 2.10 bits per heavy atom. The minimum Gasteiger partial charge on any atom is -0.468 e. The quantitative estimate of drug-likeness (QED) is 0.622. The van der Waals surface area contributed by atoms with Crippen LogP contribution in [0, 0.1) is 0 Å². The van der Waals surface area contributed by atoms with E-state index < -0.39 is 5.41 Å². The van der Waals surface area contributed by atoms with Crippen LogP contribution in [0.25, 0.3) is 0 Å². The Bertz CT molecular complexity index is 510. The predicted octanol–water partition coefficient (Wildman–Crippen LogP) is 1.66. The van der Waals surface area contributed by atoms with Crippen molar-refractivity contribution in [3.63, 3.8) is 0 Å². The summed E-state index contributed by atoms with van der Waals surface area (Å²) in [7, 11) is 1.03. The molecule has 0 amide bonds. The fourth-order valence-electron chi connectivity index (χ4n) is 2.25. The van der Waals surface area contributed by atoms with Crippen molar-refractivity contribution in [1.29, 1.82) is 0 Å². The molecular formula is C15H21BO4. The molecule has 1 fully saturated rings. The van der Waals surface area contributed by atoms with Gasteiger partial charge in [0.1, 0.15) is 0 Å². The zero-order chi connectivity index (χ0) is 15.0. The van der Waals surface area contributed by atoms with Gasteiger partial charge in [-0.1, -0.05) is 24.3 Å².